The molecule has 1 N–H and O–H groups in total. The van der Waals surface area contributed by atoms with Gasteiger partial charge in [0.2, 0.25) is 0 Å². The van der Waals surface area contributed by atoms with Crippen molar-refractivity contribution in [1.82, 2.24) is 4.57 Å². The van der Waals surface area contributed by atoms with E-state index in [1.54, 1.807) is 0 Å². The molecule has 1 aromatic rings. The van der Waals surface area contributed by atoms with Crippen molar-refractivity contribution in [3.8, 4) is 0 Å². The second-order valence-corrected chi connectivity index (χ2v) is 4.44. The van der Waals surface area contributed by atoms with E-state index in [1.807, 2.05) is 0 Å². The van der Waals surface area contributed by atoms with Crippen molar-refractivity contribution in [1.29, 1.82) is 0 Å². The fraction of sp³-hybridized carbons (Fsp3) is 0.455. The van der Waals surface area contributed by atoms with E-state index in [-0.39, 0.29) is 5.54 Å². The zero-order valence-corrected chi connectivity index (χ0v) is 8.46. The van der Waals surface area contributed by atoms with Gasteiger partial charge < -0.3 is 9.88 Å². The Bertz CT molecular complexity index is 339. The average Bonchev–Trinajstić information content (AvgIpc) is 2.45. The van der Waals surface area contributed by atoms with Gasteiger partial charge in [-0.05, 0) is 26.8 Å². The van der Waals surface area contributed by atoms with Crippen molar-refractivity contribution in [2.75, 3.05) is 11.9 Å². The molecule has 0 saturated heterocycles. The molecular weight excluding hydrogens is 160 g/mol. The van der Waals surface area contributed by atoms with E-state index in [4.69, 9.17) is 0 Å². The number of fused-ring (bicyclic) bond motifs is 1. The van der Waals surface area contributed by atoms with E-state index in [1.165, 1.54) is 11.4 Å². The Labute approximate surface area is 79.3 Å². The lowest BCUT2D eigenvalue weighted by Crippen LogP contribution is -2.23. The van der Waals surface area contributed by atoms with E-state index in [0.717, 1.165) is 6.54 Å². The Morgan fingerprint density at radius 3 is 2.85 bits per heavy atom. The number of hydrogen-bond donors (Lipinski definition) is 1. The first-order valence-electron chi connectivity index (χ1n) is 4.71. The second-order valence-electron chi connectivity index (χ2n) is 4.44. The quantitative estimate of drug-likeness (QED) is 0.643. The molecule has 2 rings (SSSR count). The maximum Gasteiger partial charge on any atom is 0.114 e. The van der Waals surface area contributed by atoms with Crippen molar-refractivity contribution >= 4 is 11.9 Å². The summed E-state index contributed by atoms with van der Waals surface area (Å²) in [6.07, 6.45) is 6.47. The fourth-order valence-corrected chi connectivity index (χ4v) is 1.67. The Balaban J connectivity index is 2.50. The molecule has 1 aliphatic heterocycles. The van der Waals surface area contributed by atoms with Gasteiger partial charge in [0.1, 0.15) is 5.82 Å². The van der Waals surface area contributed by atoms with Crippen LogP contribution in [0.4, 0.5) is 5.82 Å². The van der Waals surface area contributed by atoms with Gasteiger partial charge in [-0.25, -0.2) is 0 Å². The second kappa shape index (κ2) is 2.66. The summed E-state index contributed by atoms with van der Waals surface area (Å²) in [6, 6.07) is 2.16. The molecule has 0 aromatic carbocycles. The van der Waals surface area contributed by atoms with Crippen LogP contribution in [-0.2, 0) is 5.54 Å². The highest BCUT2D eigenvalue weighted by Gasteiger charge is 2.18. The van der Waals surface area contributed by atoms with E-state index >= 15 is 0 Å². The maximum absolute atomic E-state index is 3.39. The molecule has 0 saturated carbocycles. The zero-order chi connectivity index (χ0) is 9.47. The lowest BCUT2D eigenvalue weighted by Gasteiger charge is -2.26. The Hall–Kier alpha value is -1.18. The summed E-state index contributed by atoms with van der Waals surface area (Å²) in [7, 11) is 0. The lowest BCUT2D eigenvalue weighted by atomic mass is 10.1. The van der Waals surface area contributed by atoms with Crippen molar-refractivity contribution in [2.24, 2.45) is 0 Å². The molecule has 70 valence electrons. The first-order valence-corrected chi connectivity index (χ1v) is 4.71. The first kappa shape index (κ1) is 8.42. The summed E-state index contributed by atoms with van der Waals surface area (Å²) in [5.74, 6) is 1.25. The molecular formula is C11H16N2. The largest absolute Gasteiger partial charge is 0.367 e. The molecule has 1 aliphatic rings. The Morgan fingerprint density at radius 2 is 2.15 bits per heavy atom. The molecule has 0 fully saturated rings. The topological polar surface area (TPSA) is 17.0 Å². The van der Waals surface area contributed by atoms with Crippen molar-refractivity contribution in [3.63, 3.8) is 0 Å². The number of anilines is 1. The Kier molecular flexibility index (Phi) is 1.72. The van der Waals surface area contributed by atoms with Gasteiger partial charge in [0, 0.05) is 23.8 Å². The van der Waals surface area contributed by atoms with Crippen molar-refractivity contribution in [2.45, 2.75) is 26.3 Å². The van der Waals surface area contributed by atoms with E-state index in [0.29, 0.717) is 0 Å². The third kappa shape index (κ3) is 1.37. The molecule has 0 unspecified atom stereocenters. The predicted octanol–water partition coefficient (Wildman–Crippen LogP) is 2.68. The molecule has 2 nitrogen and oxygen atoms in total. The van der Waals surface area contributed by atoms with Crippen LogP contribution in [-0.4, -0.2) is 11.1 Å². The van der Waals surface area contributed by atoms with Crippen LogP contribution in [0.5, 0.6) is 0 Å². The summed E-state index contributed by atoms with van der Waals surface area (Å²) in [6.45, 7) is 7.58. The minimum atomic E-state index is 0.158. The maximum atomic E-state index is 3.39. The third-order valence-electron chi connectivity index (χ3n) is 2.32. The van der Waals surface area contributed by atoms with Gasteiger partial charge >= 0.3 is 0 Å². The van der Waals surface area contributed by atoms with Gasteiger partial charge in [-0.1, -0.05) is 12.2 Å². The predicted molar refractivity (Wildman–Crippen MR) is 57.0 cm³/mol. The van der Waals surface area contributed by atoms with Gasteiger partial charge in [0.15, 0.2) is 0 Å². The number of aromatic nitrogens is 1. The lowest BCUT2D eigenvalue weighted by molar-refractivity contribution is 0.403. The smallest absolute Gasteiger partial charge is 0.114 e. The van der Waals surface area contributed by atoms with E-state index < -0.39 is 0 Å². The number of hydrogen-bond acceptors (Lipinski definition) is 1. The Morgan fingerprint density at radius 1 is 1.38 bits per heavy atom. The molecule has 0 atom stereocenters. The van der Waals surface area contributed by atoms with Gasteiger partial charge in [-0.15, -0.1) is 0 Å². The van der Waals surface area contributed by atoms with Crippen LogP contribution in [0.15, 0.2) is 18.3 Å². The zero-order valence-electron chi connectivity index (χ0n) is 8.46. The van der Waals surface area contributed by atoms with E-state index in [9.17, 15) is 0 Å². The minimum Gasteiger partial charge on any atom is -0.367 e. The van der Waals surface area contributed by atoms with Gasteiger partial charge in [-0.3, -0.25) is 0 Å². The molecule has 2 heterocycles. The van der Waals surface area contributed by atoms with Crippen molar-refractivity contribution < 1.29 is 0 Å². The summed E-state index contributed by atoms with van der Waals surface area (Å²) >= 11 is 0. The summed E-state index contributed by atoms with van der Waals surface area (Å²) in [5, 5.41) is 3.39. The molecule has 0 aliphatic carbocycles. The third-order valence-corrected chi connectivity index (χ3v) is 2.32. The molecule has 13 heavy (non-hydrogen) atoms. The van der Waals surface area contributed by atoms with Crippen LogP contribution in [0.1, 0.15) is 26.3 Å². The standard InChI is InChI=1S/C11H16N2/c1-11(2,3)13-8-6-9-5-4-7-12-10(9)13/h4-6,8,12H,7H2,1-3H3. The number of rotatable bonds is 0. The summed E-state index contributed by atoms with van der Waals surface area (Å²) in [4.78, 5) is 0. The fourth-order valence-electron chi connectivity index (χ4n) is 1.67. The van der Waals surface area contributed by atoms with Gasteiger partial charge in [-0.2, -0.15) is 0 Å². The molecule has 0 radical (unpaired) electrons. The van der Waals surface area contributed by atoms with Gasteiger partial charge in [0.25, 0.3) is 0 Å². The molecule has 2 heteroatoms. The molecule has 0 amide bonds. The molecule has 0 spiro atoms. The van der Waals surface area contributed by atoms with Crippen LogP contribution >= 0.6 is 0 Å². The van der Waals surface area contributed by atoms with Crippen LogP contribution in [0.3, 0.4) is 0 Å². The van der Waals surface area contributed by atoms with Gasteiger partial charge in [0.05, 0.1) is 0 Å². The highest BCUT2D eigenvalue weighted by Crippen LogP contribution is 2.28. The van der Waals surface area contributed by atoms with Crippen molar-refractivity contribution in [3.05, 3.63) is 23.9 Å². The van der Waals surface area contributed by atoms with Crippen LogP contribution in [0.25, 0.3) is 6.08 Å². The van der Waals surface area contributed by atoms with Crippen LogP contribution in [0, 0.1) is 0 Å². The molecule has 1 aromatic heterocycles. The number of nitrogens with zero attached hydrogens (tertiary/aromatic N) is 1. The monoisotopic (exact) mass is 176 g/mol. The SMILES string of the molecule is CC(C)(C)n1ccc2c1NCC=C2. The summed E-state index contributed by atoms with van der Waals surface area (Å²) < 4.78 is 2.28. The van der Waals surface area contributed by atoms with Crippen LogP contribution in [0.2, 0.25) is 0 Å². The van der Waals surface area contributed by atoms with Crippen LogP contribution < -0.4 is 5.32 Å². The van der Waals surface area contributed by atoms with E-state index in [2.05, 4.69) is 55.1 Å². The average molecular weight is 176 g/mol. The normalized spacial score (nSPS) is 15.3. The summed E-state index contributed by atoms with van der Waals surface area (Å²) in [5.41, 5.74) is 1.45. The highest BCUT2D eigenvalue weighted by atomic mass is 15.1. The minimum absolute atomic E-state index is 0.158. The highest BCUT2D eigenvalue weighted by molar-refractivity contribution is 5.68. The molecule has 0 bridgehead atoms. The number of nitrogens with one attached hydrogen (secondary N) is 1. The first-order chi connectivity index (χ1) is 6.09.